The molecule has 158 valence electrons. The van der Waals surface area contributed by atoms with E-state index in [9.17, 15) is 13.2 Å². The molecule has 0 saturated carbocycles. The number of anilines is 1. The Balaban J connectivity index is 1.60. The van der Waals surface area contributed by atoms with Crippen LogP contribution in [0.3, 0.4) is 0 Å². The minimum atomic E-state index is -3.52. The molecule has 0 bridgehead atoms. The smallest absolute Gasteiger partial charge is 0.265 e. The largest absolute Gasteiger partial charge is 0.481 e. The normalized spacial score (nSPS) is 16.4. The monoisotopic (exact) mass is 427 g/mol. The van der Waals surface area contributed by atoms with E-state index in [0.717, 1.165) is 12.8 Å². The Hall–Kier alpha value is -2.89. The second kappa shape index (κ2) is 9.28. The Morgan fingerprint density at radius 3 is 2.30 bits per heavy atom. The molecule has 1 atom stereocenters. The lowest BCUT2D eigenvalue weighted by Crippen LogP contribution is -2.37. The molecule has 0 spiro atoms. The first-order valence-electron chi connectivity index (χ1n) is 9.87. The van der Waals surface area contributed by atoms with Crippen LogP contribution < -0.4 is 10.1 Å². The Morgan fingerprint density at radius 1 is 1.13 bits per heavy atom. The Morgan fingerprint density at radius 2 is 1.73 bits per heavy atom. The summed E-state index contributed by atoms with van der Waals surface area (Å²) in [5.74, 6) is 0.663. The molecule has 1 amide bonds. The van der Waals surface area contributed by atoms with Gasteiger partial charge in [-0.1, -0.05) is 6.92 Å². The molecule has 1 heterocycles. The summed E-state index contributed by atoms with van der Waals surface area (Å²) in [5.41, 5.74) is 0.995. The second-order valence-corrected chi connectivity index (χ2v) is 9.43. The maximum atomic E-state index is 12.8. The molecule has 1 N–H and O–H groups in total. The van der Waals surface area contributed by atoms with Crippen molar-refractivity contribution < 1.29 is 17.9 Å². The maximum absolute atomic E-state index is 12.8. The molecule has 0 radical (unpaired) electrons. The van der Waals surface area contributed by atoms with Crippen LogP contribution in [0, 0.1) is 17.2 Å². The topological polar surface area (TPSA) is 99.5 Å². The van der Waals surface area contributed by atoms with Crippen LogP contribution in [-0.2, 0) is 14.8 Å². The first-order chi connectivity index (χ1) is 14.3. The number of carbonyl (C=O) groups excluding carboxylic acids is 1. The Kier molecular flexibility index (Phi) is 6.75. The minimum absolute atomic E-state index is 0.219. The third kappa shape index (κ3) is 5.17. The van der Waals surface area contributed by atoms with Gasteiger partial charge in [0.05, 0.1) is 16.5 Å². The summed E-state index contributed by atoms with van der Waals surface area (Å²) in [5, 5.41) is 11.5. The summed E-state index contributed by atoms with van der Waals surface area (Å²) < 4.78 is 32.7. The molecular weight excluding hydrogens is 402 g/mol. The molecule has 0 aliphatic carbocycles. The minimum Gasteiger partial charge on any atom is -0.481 e. The summed E-state index contributed by atoms with van der Waals surface area (Å²) >= 11 is 0. The summed E-state index contributed by atoms with van der Waals surface area (Å²) in [7, 11) is -3.52. The number of rotatable bonds is 6. The number of nitrogens with zero attached hydrogens (tertiary/aromatic N) is 2. The number of piperidine rings is 1. The van der Waals surface area contributed by atoms with E-state index in [1.807, 2.05) is 6.07 Å². The molecule has 1 aliphatic heterocycles. The van der Waals surface area contributed by atoms with Crippen LogP contribution in [0.2, 0.25) is 0 Å². The highest BCUT2D eigenvalue weighted by Crippen LogP contribution is 2.24. The van der Waals surface area contributed by atoms with Gasteiger partial charge in [-0.2, -0.15) is 9.57 Å². The fourth-order valence-electron chi connectivity index (χ4n) is 3.19. The lowest BCUT2D eigenvalue weighted by atomic mass is 10.0. The molecule has 30 heavy (non-hydrogen) atoms. The van der Waals surface area contributed by atoms with Crippen LogP contribution in [0.5, 0.6) is 5.75 Å². The highest BCUT2D eigenvalue weighted by molar-refractivity contribution is 7.89. The predicted octanol–water partition coefficient (Wildman–Crippen LogP) is 3.38. The van der Waals surface area contributed by atoms with Gasteiger partial charge in [0.2, 0.25) is 10.0 Å². The highest BCUT2D eigenvalue weighted by atomic mass is 32.2. The first kappa shape index (κ1) is 21.8. The van der Waals surface area contributed by atoms with Crippen molar-refractivity contribution in [3.63, 3.8) is 0 Å². The number of amides is 1. The van der Waals surface area contributed by atoms with Crippen LogP contribution in [0.1, 0.15) is 32.3 Å². The van der Waals surface area contributed by atoms with E-state index in [1.165, 1.54) is 16.4 Å². The number of nitriles is 1. The van der Waals surface area contributed by atoms with Gasteiger partial charge in [0.25, 0.3) is 5.91 Å². The molecule has 3 rings (SSSR count). The van der Waals surface area contributed by atoms with Crippen LogP contribution in [0.15, 0.2) is 53.4 Å². The van der Waals surface area contributed by atoms with Gasteiger partial charge in [-0.25, -0.2) is 8.42 Å². The van der Waals surface area contributed by atoms with Gasteiger partial charge < -0.3 is 10.1 Å². The van der Waals surface area contributed by atoms with Crippen LogP contribution in [0.4, 0.5) is 5.69 Å². The third-order valence-corrected chi connectivity index (χ3v) is 7.08. The van der Waals surface area contributed by atoms with Crippen molar-refractivity contribution in [2.45, 2.75) is 37.7 Å². The number of hydrogen-bond donors (Lipinski definition) is 1. The van der Waals surface area contributed by atoms with E-state index in [1.54, 1.807) is 43.3 Å². The van der Waals surface area contributed by atoms with E-state index in [-0.39, 0.29) is 10.8 Å². The van der Waals surface area contributed by atoms with Gasteiger partial charge in [-0.05, 0) is 74.2 Å². The van der Waals surface area contributed by atoms with E-state index in [0.29, 0.717) is 36.0 Å². The molecule has 2 aromatic rings. The number of ether oxygens (including phenoxy) is 1. The Labute approximate surface area is 177 Å². The lowest BCUT2D eigenvalue weighted by Gasteiger charge is -2.29. The summed E-state index contributed by atoms with van der Waals surface area (Å²) in [4.78, 5) is 12.6. The summed E-state index contributed by atoms with van der Waals surface area (Å²) in [6.45, 7) is 4.82. The van der Waals surface area contributed by atoms with Crippen molar-refractivity contribution in [3.05, 3.63) is 54.1 Å². The Bertz CT molecular complexity index is 1020. The van der Waals surface area contributed by atoms with Crippen molar-refractivity contribution in [2.75, 3.05) is 18.4 Å². The average molecular weight is 428 g/mol. The molecule has 7 nitrogen and oxygen atoms in total. The predicted molar refractivity (Wildman–Crippen MR) is 113 cm³/mol. The number of carbonyl (C=O) groups is 1. The average Bonchev–Trinajstić information content (AvgIpc) is 2.75. The first-order valence-corrected chi connectivity index (χ1v) is 11.3. The van der Waals surface area contributed by atoms with Gasteiger partial charge in [0.1, 0.15) is 5.75 Å². The molecule has 1 unspecified atom stereocenters. The molecular formula is C22H25N3O4S. The van der Waals surface area contributed by atoms with Gasteiger partial charge in [-0.3, -0.25) is 4.79 Å². The van der Waals surface area contributed by atoms with E-state index in [2.05, 4.69) is 12.2 Å². The maximum Gasteiger partial charge on any atom is 0.265 e. The van der Waals surface area contributed by atoms with Crippen LogP contribution in [0.25, 0.3) is 0 Å². The van der Waals surface area contributed by atoms with Crippen molar-refractivity contribution >= 4 is 21.6 Å². The number of sulfonamides is 1. The van der Waals surface area contributed by atoms with Crippen molar-refractivity contribution in [2.24, 2.45) is 5.92 Å². The molecule has 8 heteroatoms. The third-order valence-electron chi connectivity index (χ3n) is 5.17. The fraction of sp³-hybridized carbons (Fsp3) is 0.364. The fourth-order valence-corrected chi connectivity index (χ4v) is 4.66. The molecule has 0 aromatic heterocycles. The van der Waals surface area contributed by atoms with Crippen LogP contribution in [-0.4, -0.2) is 37.8 Å². The summed E-state index contributed by atoms with van der Waals surface area (Å²) in [6, 6.07) is 14.7. The molecule has 1 fully saturated rings. The van der Waals surface area contributed by atoms with Crippen molar-refractivity contribution in [1.29, 1.82) is 5.26 Å². The second-order valence-electron chi connectivity index (χ2n) is 7.50. The SMILES string of the molecule is CC1CCN(S(=O)(=O)c2ccc(NC(=O)C(C)Oc3ccc(C#N)cc3)cc2)CC1. The molecule has 1 saturated heterocycles. The van der Waals surface area contributed by atoms with Gasteiger partial charge in [0.15, 0.2) is 6.10 Å². The van der Waals surface area contributed by atoms with E-state index >= 15 is 0 Å². The van der Waals surface area contributed by atoms with E-state index < -0.39 is 16.1 Å². The van der Waals surface area contributed by atoms with Crippen molar-refractivity contribution in [1.82, 2.24) is 4.31 Å². The number of nitrogens with one attached hydrogen (secondary N) is 1. The number of hydrogen-bond acceptors (Lipinski definition) is 5. The van der Waals surface area contributed by atoms with Gasteiger partial charge >= 0.3 is 0 Å². The van der Waals surface area contributed by atoms with Gasteiger partial charge in [-0.15, -0.1) is 0 Å². The van der Waals surface area contributed by atoms with E-state index in [4.69, 9.17) is 10.00 Å². The quantitative estimate of drug-likeness (QED) is 0.762. The zero-order valence-corrected chi connectivity index (χ0v) is 17.9. The zero-order chi connectivity index (χ0) is 21.7. The zero-order valence-electron chi connectivity index (χ0n) is 17.0. The highest BCUT2D eigenvalue weighted by Gasteiger charge is 2.28. The van der Waals surface area contributed by atoms with Gasteiger partial charge in [0, 0.05) is 18.8 Å². The molecule has 2 aromatic carbocycles. The van der Waals surface area contributed by atoms with Crippen molar-refractivity contribution in [3.8, 4) is 11.8 Å². The number of benzene rings is 2. The lowest BCUT2D eigenvalue weighted by molar-refractivity contribution is -0.122. The standard InChI is InChI=1S/C22H25N3O4S/c1-16-11-13-25(14-12-16)30(27,28)21-9-5-19(6-10-21)24-22(26)17(2)29-20-7-3-18(15-23)4-8-20/h3-10,16-17H,11-14H2,1-2H3,(H,24,26). The summed E-state index contributed by atoms with van der Waals surface area (Å²) in [6.07, 6.45) is 0.964. The molecule has 1 aliphatic rings. The van der Waals surface area contributed by atoms with Crippen LogP contribution >= 0.6 is 0 Å².